The molecule has 134 valence electrons. The van der Waals surface area contributed by atoms with Crippen LogP contribution in [0.1, 0.15) is 45.4 Å². The van der Waals surface area contributed by atoms with Gasteiger partial charge in [0.2, 0.25) is 0 Å². The number of anilines is 1. The third kappa shape index (κ3) is 2.66. The van der Waals surface area contributed by atoms with Crippen molar-refractivity contribution in [2.24, 2.45) is 5.92 Å². The number of alkyl halides is 3. The van der Waals surface area contributed by atoms with Gasteiger partial charge in [-0.25, -0.2) is 4.79 Å². The van der Waals surface area contributed by atoms with E-state index in [0.717, 1.165) is 11.6 Å². The number of aromatic carboxylic acids is 1. The van der Waals surface area contributed by atoms with Gasteiger partial charge in [0.15, 0.2) is 0 Å². The highest BCUT2D eigenvalue weighted by atomic mass is 19.4. The molecule has 0 bridgehead atoms. The normalized spacial score (nSPS) is 23.9. The fraction of sp³-hybridized carbons (Fsp3) is 0.250. The molecule has 2 aromatic carbocycles. The molecule has 4 rings (SSSR count). The summed E-state index contributed by atoms with van der Waals surface area (Å²) in [6.45, 7) is 0. The van der Waals surface area contributed by atoms with Gasteiger partial charge in [0.25, 0.3) is 0 Å². The number of hydrogen-bond acceptors (Lipinski definition) is 2. The number of carbonyl (C=O) groups is 1. The van der Waals surface area contributed by atoms with Crippen LogP contribution in [0.25, 0.3) is 0 Å². The standard InChI is InChI=1S/C20H16F3NO2/c21-20(22,23)16-7-2-1-4-14(16)18-13-6-3-5-12(13)15-10-11(19(25)26)8-9-17(15)24-18/h1-5,7-10,12-13,18,24H,6H2,(H,25,26)/t12-,13+,18-/m0/s1. The SMILES string of the molecule is O=C(O)c1ccc2c(c1)[C@H]1C=CC[C@H]1[C@@H](c1ccccc1C(F)(F)F)N2. The Kier molecular flexibility index (Phi) is 3.79. The summed E-state index contributed by atoms with van der Waals surface area (Å²) in [6.07, 6.45) is 0.153. The Morgan fingerprint density at radius 1 is 1.12 bits per heavy atom. The molecule has 3 nitrogen and oxygen atoms in total. The van der Waals surface area contributed by atoms with Crippen LogP contribution in [0.2, 0.25) is 0 Å². The minimum Gasteiger partial charge on any atom is -0.478 e. The van der Waals surface area contributed by atoms with Crippen LogP contribution in [0.3, 0.4) is 0 Å². The lowest BCUT2D eigenvalue weighted by atomic mass is 9.75. The molecule has 0 saturated carbocycles. The fourth-order valence-electron chi connectivity index (χ4n) is 4.06. The number of allylic oxidation sites excluding steroid dienone is 2. The van der Waals surface area contributed by atoms with Gasteiger partial charge < -0.3 is 10.4 Å². The Morgan fingerprint density at radius 3 is 2.62 bits per heavy atom. The van der Waals surface area contributed by atoms with Crippen molar-refractivity contribution in [1.82, 2.24) is 0 Å². The van der Waals surface area contributed by atoms with Gasteiger partial charge in [-0.05, 0) is 47.7 Å². The number of carboxylic acid groups (broad SMARTS) is 1. The molecule has 1 heterocycles. The van der Waals surface area contributed by atoms with Crippen molar-refractivity contribution in [2.75, 3.05) is 5.32 Å². The van der Waals surface area contributed by atoms with Crippen LogP contribution in [-0.4, -0.2) is 11.1 Å². The zero-order valence-electron chi connectivity index (χ0n) is 13.6. The Labute approximate surface area is 148 Å². The first-order chi connectivity index (χ1) is 12.4. The van der Waals surface area contributed by atoms with Crippen molar-refractivity contribution in [3.63, 3.8) is 0 Å². The molecular weight excluding hydrogens is 343 g/mol. The molecular formula is C20H16F3NO2. The highest BCUT2D eigenvalue weighted by molar-refractivity contribution is 5.89. The lowest BCUT2D eigenvalue weighted by molar-refractivity contribution is -0.138. The van der Waals surface area contributed by atoms with Gasteiger partial charge in [-0.3, -0.25) is 0 Å². The molecule has 0 saturated heterocycles. The van der Waals surface area contributed by atoms with E-state index in [2.05, 4.69) is 5.32 Å². The molecule has 0 fully saturated rings. The summed E-state index contributed by atoms with van der Waals surface area (Å²) < 4.78 is 40.4. The Bertz CT molecular complexity index is 904. The maximum absolute atomic E-state index is 13.5. The lowest BCUT2D eigenvalue weighted by Gasteiger charge is -2.38. The summed E-state index contributed by atoms with van der Waals surface area (Å²) in [4.78, 5) is 11.3. The molecule has 26 heavy (non-hydrogen) atoms. The molecule has 2 N–H and O–H groups in total. The topological polar surface area (TPSA) is 49.3 Å². The lowest BCUT2D eigenvalue weighted by Crippen LogP contribution is -2.31. The molecule has 2 aliphatic rings. The van der Waals surface area contributed by atoms with Crippen LogP contribution < -0.4 is 5.32 Å². The average molecular weight is 359 g/mol. The highest BCUT2D eigenvalue weighted by Crippen LogP contribution is 2.51. The van der Waals surface area contributed by atoms with E-state index in [1.807, 2.05) is 12.2 Å². The molecule has 1 aliphatic heterocycles. The van der Waals surface area contributed by atoms with Crippen LogP contribution in [0.15, 0.2) is 54.6 Å². The van der Waals surface area contributed by atoms with Gasteiger partial charge in [-0.15, -0.1) is 0 Å². The second kappa shape index (κ2) is 5.90. The minimum atomic E-state index is -4.42. The monoisotopic (exact) mass is 359 g/mol. The van der Waals surface area contributed by atoms with E-state index < -0.39 is 23.8 Å². The summed E-state index contributed by atoms with van der Waals surface area (Å²) >= 11 is 0. The van der Waals surface area contributed by atoms with Gasteiger partial charge in [-0.2, -0.15) is 13.2 Å². The van der Waals surface area contributed by atoms with E-state index >= 15 is 0 Å². The number of nitrogens with one attached hydrogen (secondary N) is 1. The molecule has 3 atom stereocenters. The van der Waals surface area contributed by atoms with Crippen molar-refractivity contribution in [3.05, 3.63) is 76.9 Å². The summed E-state index contributed by atoms with van der Waals surface area (Å²) in [5.41, 5.74) is 1.29. The van der Waals surface area contributed by atoms with Gasteiger partial charge in [-0.1, -0.05) is 30.4 Å². The van der Waals surface area contributed by atoms with Gasteiger partial charge in [0.1, 0.15) is 0 Å². The predicted molar refractivity (Wildman–Crippen MR) is 91.2 cm³/mol. The van der Waals surface area contributed by atoms with Crippen molar-refractivity contribution in [2.45, 2.75) is 24.6 Å². The maximum Gasteiger partial charge on any atom is 0.416 e. The van der Waals surface area contributed by atoms with Crippen molar-refractivity contribution in [3.8, 4) is 0 Å². The molecule has 6 heteroatoms. The van der Waals surface area contributed by atoms with E-state index in [1.54, 1.807) is 18.2 Å². The first kappa shape index (κ1) is 16.7. The number of hydrogen-bond donors (Lipinski definition) is 2. The number of carboxylic acids is 1. The number of halogens is 3. The Morgan fingerprint density at radius 2 is 1.88 bits per heavy atom. The van der Waals surface area contributed by atoms with Crippen LogP contribution in [0.4, 0.5) is 18.9 Å². The molecule has 1 aliphatic carbocycles. The molecule has 2 aromatic rings. The van der Waals surface area contributed by atoms with E-state index in [9.17, 15) is 23.1 Å². The second-order valence-corrected chi connectivity index (χ2v) is 6.67. The summed E-state index contributed by atoms with van der Waals surface area (Å²) in [6, 6.07) is 9.88. The van der Waals surface area contributed by atoms with E-state index in [1.165, 1.54) is 18.2 Å². The zero-order valence-corrected chi connectivity index (χ0v) is 13.6. The third-order valence-corrected chi connectivity index (χ3v) is 5.21. The molecule has 0 aromatic heterocycles. The largest absolute Gasteiger partial charge is 0.478 e. The highest BCUT2D eigenvalue weighted by Gasteiger charge is 2.42. The molecule has 0 unspecified atom stereocenters. The number of fused-ring (bicyclic) bond motifs is 3. The fourth-order valence-corrected chi connectivity index (χ4v) is 4.06. The van der Waals surface area contributed by atoms with Crippen molar-refractivity contribution >= 4 is 11.7 Å². The average Bonchev–Trinajstić information content (AvgIpc) is 3.10. The number of rotatable bonds is 2. The minimum absolute atomic E-state index is 0.0879. The van der Waals surface area contributed by atoms with E-state index in [-0.39, 0.29) is 23.0 Å². The first-order valence-corrected chi connectivity index (χ1v) is 8.33. The van der Waals surface area contributed by atoms with Crippen molar-refractivity contribution < 1.29 is 23.1 Å². The maximum atomic E-state index is 13.5. The zero-order chi connectivity index (χ0) is 18.5. The van der Waals surface area contributed by atoms with Crippen molar-refractivity contribution in [1.29, 1.82) is 0 Å². The summed E-state index contributed by atoms with van der Waals surface area (Å²) in [5.74, 6) is -1.21. The molecule has 0 spiro atoms. The summed E-state index contributed by atoms with van der Waals surface area (Å²) in [5, 5.41) is 12.4. The van der Waals surface area contributed by atoms with Crippen LogP contribution >= 0.6 is 0 Å². The van der Waals surface area contributed by atoms with Crippen LogP contribution in [-0.2, 0) is 6.18 Å². The van der Waals surface area contributed by atoms with Crippen LogP contribution in [0, 0.1) is 5.92 Å². The van der Waals surface area contributed by atoms with E-state index in [4.69, 9.17) is 0 Å². The third-order valence-electron chi connectivity index (χ3n) is 5.21. The Balaban J connectivity index is 1.81. The number of benzene rings is 2. The first-order valence-electron chi connectivity index (χ1n) is 8.33. The van der Waals surface area contributed by atoms with Gasteiger partial charge in [0, 0.05) is 11.6 Å². The van der Waals surface area contributed by atoms with Crippen LogP contribution in [0.5, 0.6) is 0 Å². The van der Waals surface area contributed by atoms with Gasteiger partial charge >= 0.3 is 12.1 Å². The predicted octanol–water partition coefficient (Wildman–Crippen LogP) is 5.23. The molecule has 0 radical (unpaired) electrons. The molecule has 0 amide bonds. The quantitative estimate of drug-likeness (QED) is 0.722. The summed E-state index contributed by atoms with van der Waals surface area (Å²) in [7, 11) is 0. The van der Waals surface area contributed by atoms with Gasteiger partial charge in [0.05, 0.1) is 17.2 Å². The van der Waals surface area contributed by atoms with E-state index in [0.29, 0.717) is 12.1 Å². The Hall–Kier alpha value is -2.76. The second-order valence-electron chi connectivity index (χ2n) is 6.67. The smallest absolute Gasteiger partial charge is 0.416 e.